The highest BCUT2D eigenvalue weighted by Crippen LogP contribution is 2.18. The summed E-state index contributed by atoms with van der Waals surface area (Å²) in [6, 6.07) is 12.8. The Kier molecular flexibility index (Phi) is 4.67. The Morgan fingerprint density at radius 2 is 1.90 bits per heavy atom. The summed E-state index contributed by atoms with van der Waals surface area (Å²) in [5.74, 6) is -0.331. The van der Waals surface area contributed by atoms with Crippen molar-refractivity contribution in [1.82, 2.24) is 19.3 Å². The molecular weight excluding hydrogens is 373 g/mol. The van der Waals surface area contributed by atoms with Crippen LogP contribution >= 0.6 is 0 Å². The second kappa shape index (κ2) is 7.31. The predicted octanol–water partition coefficient (Wildman–Crippen LogP) is 2.98. The molecule has 8 heteroatoms. The van der Waals surface area contributed by atoms with Crippen molar-refractivity contribution in [2.45, 2.75) is 20.4 Å². The van der Waals surface area contributed by atoms with Crippen molar-refractivity contribution in [1.29, 1.82) is 0 Å². The molecule has 4 aromatic rings. The number of rotatable bonds is 4. The minimum atomic E-state index is -0.399. The van der Waals surface area contributed by atoms with Crippen LogP contribution in [-0.4, -0.2) is 25.2 Å². The summed E-state index contributed by atoms with van der Waals surface area (Å²) in [6.45, 7) is 3.48. The molecule has 0 bridgehead atoms. The number of halogens is 1. The summed E-state index contributed by atoms with van der Waals surface area (Å²) in [6.07, 6.45) is 1.37. The van der Waals surface area contributed by atoms with Crippen molar-refractivity contribution in [2.75, 3.05) is 5.32 Å². The van der Waals surface area contributed by atoms with Gasteiger partial charge in [0.05, 0.1) is 28.6 Å². The molecule has 2 aromatic carbocycles. The van der Waals surface area contributed by atoms with Gasteiger partial charge in [-0.25, -0.2) is 14.1 Å². The molecular formula is C21H18FN5O2. The molecule has 7 nitrogen and oxygen atoms in total. The summed E-state index contributed by atoms with van der Waals surface area (Å²) in [5, 5.41) is 7.56. The number of benzene rings is 2. The van der Waals surface area contributed by atoms with Crippen molar-refractivity contribution in [3.63, 3.8) is 0 Å². The molecule has 29 heavy (non-hydrogen) atoms. The SMILES string of the molecule is Cc1cc(NC(=O)Cn2cnc3c(C)cccc3c2=O)n(-c2ccc(F)cc2)n1. The van der Waals surface area contributed by atoms with Crippen LogP contribution < -0.4 is 10.9 Å². The minimum Gasteiger partial charge on any atom is -0.309 e. The Bertz CT molecular complexity index is 1270. The lowest BCUT2D eigenvalue weighted by molar-refractivity contribution is -0.116. The van der Waals surface area contributed by atoms with Crippen LogP contribution in [-0.2, 0) is 11.3 Å². The second-order valence-corrected chi connectivity index (χ2v) is 6.76. The number of nitrogens with zero attached hydrogens (tertiary/aromatic N) is 4. The summed E-state index contributed by atoms with van der Waals surface area (Å²) < 4.78 is 16.0. The third-order valence-electron chi connectivity index (χ3n) is 4.54. The maximum Gasteiger partial charge on any atom is 0.261 e. The summed E-state index contributed by atoms with van der Waals surface area (Å²) in [4.78, 5) is 29.6. The van der Waals surface area contributed by atoms with Crippen molar-refractivity contribution >= 4 is 22.6 Å². The number of para-hydroxylation sites is 1. The molecule has 0 radical (unpaired) electrons. The first kappa shape index (κ1) is 18.5. The van der Waals surface area contributed by atoms with Crippen LogP contribution in [0.15, 0.2) is 59.7 Å². The van der Waals surface area contributed by atoms with Crippen LogP contribution in [0.3, 0.4) is 0 Å². The van der Waals surface area contributed by atoms with Crippen LogP contribution in [0.4, 0.5) is 10.2 Å². The lowest BCUT2D eigenvalue weighted by Crippen LogP contribution is -2.28. The molecule has 0 aliphatic carbocycles. The fourth-order valence-corrected chi connectivity index (χ4v) is 3.15. The van der Waals surface area contributed by atoms with E-state index in [1.54, 1.807) is 37.3 Å². The normalized spacial score (nSPS) is 11.0. The Morgan fingerprint density at radius 3 is 2.66 bits per heavy atom. The highest BCUT2D eigenvalue weighted by atomic mass is 19.1. The van der Waals surface area contributed by atoms with Gasteiger partial charge >= 0.3 is 0 Å². The highest BCUT2D eigenvalue weighted by Gasteiger charge is 2.13. The largest absolute Gasteiger partial charge is 0.309 e. The van der Waals surface area contributed by atoms with Gasteiger partial charge in [0.25, 0.3) is 5.56 Å². The summed E-state index contributed by atoms with van der Waals surface area (Å²) in [7, 11) is 0. The molecule has 2 heterocycles. The molecule has 2 aromatic heterocycles. The third-order valence-corrected chi connectivity index (χ3v) is 4.54. The molecule has 0 unspecified atom stereocenters. The Morgan fingerprint density at radius 1 is 1.14 bits per heavy atom. The number of aromatic nitrogens is 4. The van der Waals surface area contributed by atoms with Crippen molar-refractivity contribution in [3.8, 4) is 5.69 Å². The number of fused-ring (bicyclic) bond motifs is 1. The second-order valence-electron chi connectivity index (χ2n) is 6.76. The lowest BCUT2D eigenvalue weighted by atomic mass is 10.1. The van der Waals surface area contributed by atoms with E-state index in [1.807, 2.05) is 13.0 Å². The zero-order chi connectivity index (χ0) is 20.5. The van der Waals surface area contributed by atoms with E-state index in [0.29, 0.717) is 28.1 Å². The van der Waals surface area contributed by atoms with Gasteiger partial charge in [0, 0.05) is 6.07 Å². The first-order valence-electron chi connectivity index (χ1n) is 8.99. The van der Waals surface area contributed by atoms with Gasteiger partial charge < -0.3 is 5.32 Å². The number of aryl methyl sites for hydroxylation is 2. The molecule has 0 fully saturated rings. The molecule has 0 aliphatic rings. The van der Waals surface area contributed by atoms with Crippen LogP contribution in [0, 0.1) is 19.7 Å². The average Bonchev–Trinajstić information content (AvgIpc) is 3.05. The molecule has 0 aliphatic heterocycles. The van der Waals surface area contributed by atoms with E-state index in [4.69, 9.17) is 0 Å². The average molecular weight is 391 g/mol. The van der Waals surface area contributed by atoms with E-state index in [0.717, 1.165) is 5.56 Å². The Hall–Kier alpha value is -3.81. The zero-order valence-corrected chi connectivity index (χ0v) is 15.9. The number of hydrogen-bond donors (Lipinski definition) is 1. The minimum absolute atomic E-state index is 0.191. The monoisotopic (exact) mass is 391 g/mol. The number of carbonyl (C=O) groups is 1. The number of anilines is 1. The van der Waals surface area contributed by atoms with Gasteiger partial charge in [0.1, 0.15) is 18.2 Å². The molecule has 0 atom stereocenters. The first-order chi connectivity index (χ1) is 13.9. The van der Waals surface area contributed by atoms with Gasteiger partial charge in [0.15, 0.2) is 0 Å². The van der Waals surface area contributed by atoms with E-state index >= 15 is 0 Å². The lowest BCUT2D eigenvalue weighted by Gasteiger charge is -2.10. The molecule has 146 valence electrons. The quantitative estimate of drug-likeness (QED) is 0.580. The Labute approximate surface area is 165 Å². The molecule has 0 saturated heterocycles. The standard InChI is InChI=1S/C21H18FN5O2/c1-13-4-3-5-17-20(13)23-12-26(21(17)29)11-19(28)24-18-10-14(2)25-27(18)16-8-6-15(22)7-9-16/h3-10,12H,11H2,1-2H3,(H,24,28). The maximum atomic E-state index is 13.2. The first-order valence-corrected chi connectivity index (χ1v) is 8.99. The number of hydrogen-bond acceptors (Lipinski definition) is 4. The van der Waals surface area contributed by atoms with E-state index in [-0.39, 0.29) is 17.9 Å². The van der Waals surface area contributed by atoms with Crippen LogP contribution in [0.1, 0.15) is 11.3 Å². The van der Waals surface area contributed by atoms with E-state index < -0.39 is 5.91 Å². The van der Waals surface area contributed by atoms with Crippen LogP contribution in [0.2, 0.25) is 0 Å². The number of nitrogens with one attached hydrogen (secondary N) is 1. The highest BCUT2D eigenvalue weighted by molar-refractivity contribution is 5.90. The van der Waals surface area contributed by atoms with Crippen LogP contribution in [0.25, 0.3) is 16.6 Å². The van der Waals surface area contributed by atoms with Crippen molar-refractivity contribution in [2.24, 2.45) is 0 Å². The molecule has 0 saturated carbocycles. The van der Waals surface area contributed by atoms with Crippen molar-refractivity contribution in [3.05, 3.63) is 82.3 Å². The molecule has 1 amide bonds. The smallest absolute Gasteiger partial charge is 0.261 e. The zero-order valence-electron chi connectivity index (χ0n) is 15.9. The Balaban J connectivity index is 1.60. The molecule has 4 rings (SSSR count). The summed E-state index contributed by atoms with van der Waals surface area (Å²) in [5.41, 5.74) is 2.53. The van der Waals surface area contributed by atoms with Gasteiger partial charge in [0.2, 0.25) is 5.91 Å². The number of carbonyl (C=O) groups excluding carboxylic acids is 1. The predicted molar refractivity (Wildman–Crippen MR) is 108 cm³/mol. The molecule has 0 spiro atoms. The van der Waals surface area contributed by atoms with Crippen LogP contribution in [0.5, 0.6) is 0 Å². The third kappa shape index (κ3) is 3.64. The van der Waals surface area contributed by atoms with Gasteiger partial charge in [-0.2, -0.15) is 5.10 Å². The topological polar surface area (TPSA) is 81.8 Å². The summed E-state index contributed by atoms with van der Waals surface area (Å²) >= 11 is 0. The van der Waals surface area contributed by atoms with E-state index in [2.05, 4.69) is 15.4 Å². The van der Waals surface area contributed by atoms with Gasteiger partial charge in [-0.3, -0.25) is 14.2 Å². The maximum absolute atomic E-state index is 13.2. The van der Waals surface area contributed by atoms with E-state index in [9.17, 15) is 14.0 Å². The fraction of sp³-hybridized carbons (Fsp3) is 0.143. The number of amides is 1. The molecule has 1 N–H and O–H groups in total. The van der Waals surface area contributed by atoms with Crippen molar-refractivity contribution < 1.29 is 9.18 Å². The van der Waals surface area contributed by atoms with Gasteiger partial charge in [-0.15, -0.1) is 0 Å². The van der Waals surface area contributed by atoms with E-state index in [1.165, 1.54) is 27.7 Å². The fourth-order valence-electron chi connectivity index (χ4n) is 3.15. The van der Waals surface area contributed by atoms with Gasteiger partial charge in [-0.1, -0.05) is 12.1 Å². The van der Waals surface area contributed by atoms with Gasteiger partial charge in [-0.05, 0) is 49.7 Å².